The van der Waals surface area contributed by atoms with E-state index < -0.39 is 40.1 Å². The van der Waals surface area contributed by atoms with Crippen LogP contribution in [0.3, 0.4) is 0 Å². The van der Waals surface area contributed by atoms with E-state index in [4.69, 9.17) is 0 Å². The Balaban J connectivity index is 1.76. The van der Waals surface area contributed by atoms with Crippen molar-refractivity contribution in [2.75, 3.05) is 19.5 Å². The number of aromatic nitrogens is 2. The number of nitrogens with one attached hydrogen (secondary N) is 1. The van der Waals surface area contributed by atoms with Crippen LogP contribution in [-0.2, 0) is 26.4 Å². The maximum atomic E-state index is 12.8. The van der Waals surface area contributed by atoms with Gasteiger partial charge < -0.3 is 15.2 Å². The summed E-state index contributed by atoms with van der Waals surface area (Å²) in [5, 5.41) is 16.9. The second-order valence-electron chi connectivity index (χ2n) is 7.02. The molecule has 1 unspecified atom stereocenters. The van der Waals surface area contributed by atoms with Crippen molar-refractivity contribution in [1.82, 2.24) is 15.1 Å². The van der Waals surface area contributed by atoms with Gasteiger partial charge in [-0.1, -0.05) is 42.5 Å². The molecule has 0 bridgehead atoms. The summed E-state index contributed by atoms with van der Waals surface area (Å²) in [5.74, 6) is -2.07. The number of carbonyl (C=O) groups excluding carboxylic acids is 2. The van der Waals surface area contributed by atoms with Gasteiger partial charge in [0.05, 0.1) is 30.3 Å². The molecule has 2 aromatic carbocycles. The highest BCUT2D eigenvalue weighted by atomic mass is 32.2. The number of amides is 1. The zero-order valence-electron chi connectivity index (χ0n) is 17.6. The van der Waals surface area contributed by atoms with Crippen LogP contribution in [0.4, 0.5) is 0 Å². The quantitative estimate of drug-likeness (QED) is 0.491. The standard InChI is InChI=1S/C22H23N3O6S/c1-25-20(12-18(24-25)15-6-4-3-5-7-15)22(28)23-19(13-26)16-8-10-17(11-9-16)32(29,30)14-21(27)31-2/h3-12,19,26H,13-14H2,1-2H3,(H,23,28). The van der Waals surface area contributed by atoms with E-state index in [0.29, 0.717) is 17.0 Å². The van der Waals surface area contributed by atoms with Gasteiger partial charge in [0.25, 0.3) is 5.91 Å². The fourth-order valence-electron chi connectivity index (χ4n) is 3.10. The van der Waals surface area contributed by atoms with Crippen LogP contribution in [-0.4, -0.2) is 54.7 Å². The van der Waals surface area contributed by atoms with Crippen LogP contribution in [0.2, 0.25) is 0 Å². The number of nitrogens with zero attached hydrogens (tertiary/aromatic N) is 2. The number of carbonyl (C=O) groups is 2. The molecule has 2 N–H and O–H groups in total. The molecule has 1 aromatic heterocycles. The Morgan fingerprint density at radius 1 is 1.12 bits per heavy atom. The molecule has 3 rings (SSSR count). The Kier molecular flexibility index (Phi) is 7.06. The maximum absolute atomic E-state index is 12.8. The number of rotatable bonds is 8. The number of aryl methyl sites for hydroxylation is 1. The number of aliphatic hydroxyl groups is 1. The summed E-state index contributed by atoms with van der Waals surface area (Å²) in [5.41, 5.74) is 2.31. The van der Waals surface area contributed by atoms with Crippen LogP contribution < -0.4 is 5.32 Å². The van der Waals surface area contributed by atoms with Gasteiger partial charge in [0, 0.05) is 12.6 Å². The number of sulfone groups is 1. The zero-order valence-corrected chi connectivity index (χ0v) is 18.4. The van der Waals surface area contributed by atoms with E-state index in [0.717, 1.165) is 12.7 Å². The van der Waals surface area contributed by atoms with Crippen molar-refractivity contribution >= 4 is 21.7 Å². The molecule has 0 fully saturated rings. The lowest BCUT2D eigenvalue weighted by molar-refractivity contribution is -0.137. The minimum atomic E-state index is -3.85. The molecule has 3 aromatic rings. The van der Waals surface area contributed by atoms with Crippen LogP contribution in [0.5, 0.6) is 0 Å². The van der Waals surface area contributed by atoms with Crippen LogP contribution in [0, 0.1) is 0 Å². The molecule has 0 radical (unpaired) electrons. The molecule has 1 heterocycles. The molecular weight excluding hydrogens is 434 g/mol. The minimum Gasteiger partial charge on any atom is -0.468 e. The van der Waals surface area contributed by atoms with Crippen molar-refractivity contribution in [2.24, 2.45) is 7.05 Å². The van der Waals surface area contributed by atoms with Gasteiger partial charge in [0.1, 0.15) is 5.69 Å². The molecule has 9 nitrogen and oxygen atoms in total. The largest absolute Gasteiger partial charge is 0.468 e. The Bertz CT molecular complexity index is 1200. The van der Waals surface area contributed by atoms with Gasteiger partial charge in [-0.2, -0.15) is 5.10 Å². The lowest BCUT2D eigenvalue weighted by Gasteiger charge is -2.17. The summed E-state index contributed by atoms with van der Waals surface area (Å²) in [6.45, 7) is -0.399. The Morgan fingerprint density at radius 3 is 2.38 bits per heavy atom. The van der Waals surface area contributed by atoms with Crippen LogP contribution in [0.1, 0.15) is 22.1 Å². The number of hydrogen-bond donors (Lipinski definition) is 2. The van der Waals surface area contributed by atoms with E-state index in [2.05, 4.69) is 15.2 Å². The molecule has 32 heavy (non-hydrogen) atoms. The van der Waals surface area contributed by atoms with Crippen LogP contribution in [0.15, 0.2) is 65.6 Å². The smallest absolute Gasteiger partial charge is 0.321 e. The molecule has 0 aliphatic rings. The second-order valence-corrected chi connectivity index (χ2v) is 9.01. The van der Waals surface area contributed by atoms with Gasteiger partial charge >= 0.3 is 5.97 Å². The van der Waals surface area contributed by atoms with Gasteiger partial charge in [0.15, 0.2) is 15.6 Å². The van der Waals surface area contributed by atoms with E-state index in [1.165, 1.54) is 28.9 Å². The third-order valence-electron chi connectivity index (χ3n) is 4.85. The van der Waals surface area contributed by atoms with Crippen molar-refractivity contribution < 1.29 is 27.9 Å². The number of hydrogen-bond acceptors (Lipinski definition) is 7. The topological polar surface area (TPSA) is 128 Å². The average Bonchev–Trinajstić information content (AvgIpc) is 3.19. The number of benzene rings is 2. The highest BCUT2D eigenvalue weighted by molar-refractivity contribution is 7.92. The average molecular weight is 458 g/mol. The van der Waals surface area contributed by atoms with E-state index in [1.807, 2.05) is 30.3 Å². The summed E-state index contributed by atoms with van der Waals surface area (Å²) in [6, 6.07) is 15.9. The molecule has 0 aliphatic heterocycles. The number of ether oxygens (including phenoxy) is 1. The summed E-state index contributed by atoms with van der Waals surface area (Å²) in [4.78, 5) is 24.1. The third kappa shape index (κ3) is 5.21. The van der Waals surface area contributed by atoms with E-state index >= 15 is 0 Å². The summed E-state index contributed by atoms with van der Waals surface area (Å²) >= 11 is 0. The molecule has 0 aliphatic carbocycles. The summed E-state index contributed by atoms with van der Waals surface area (Å²) < 4.78 is 30.3. The molecule has 1 atom stereocenters. The first-order chi connectivity index (χ1) is 15.2. The first-order valence-electron chi connectivity index (χ1n) is 9.66. The van der Waals surface area contributed by atoms with Crippen molar-refractivity contribution in [1.29, 1.82) is 0 Å². The lowest BCUT2D eigenvalue weighted by Crippen LogP contribution is -2.32. The van der Waals surface area contributed by atoms with Crippen LogP contribution >= 0.6 is 0 Å². The SMILES string of the molecule is COC(=O)CS(=O)(=O)c1ccc(C(CO)NC(=O)c2cc(-c3ccccc3)nn2C)cc1. The zero-order chi connectivity index (χ0) is 23.3. The molecule has 168 valence electrons. The fourth-order valence-corrected chi connectivity index (χ4v) is 4.25. The van der Waals surface area contributed by atoms with Gasteiger partial charge in [-0.3, -0.25) is 14.3 Å². The molecule has 0 saturated carbocycles. The van der Waals surface area contributed by atoms with Crippen molar-refractivity contribution in [3.63, 3.8) is 0 Å². The van der Waals surface area contributed by atoms with E-state index in [9.17, 15) is 23.1 Å². The first-order valence-corrected chi connectivity index (χ1v) is 11.3. The predicted molar refractivity (Wildman–Crippen MR) is 116 cm³/mol. The summed E-state index contributed by atoms with van der Waals surface area (Å²) in [7, 11) is -1.09. The molecule has 10 heteroatoms. The third-order valence-corrected chi connectivity index (χ3v) is 6.45. The van der Waals surface area contributed by atoms with E-state index in [-0.39, 0.29) is 4.90 Å². The van der Waals surface area contributed by atoms with Gasteiger partial charge in [-0.25, -0.2) is 8.42 Å². The molecular formula is C22H23N3O6S. The number of esters is 1. The van der Waals surface area contributed by atoms with Crippen molar-refractivity contribution in [3.05, 3.63) is 71.9 Å². The Hall–Kier alpha value is -3.50. The first kappa shape index (κ1) is 23.2. The molecule has 1 amide bonds. The Labute approximate surface area is 185 Å². The van der Waals surface area contributed by atoms with Crippen molar-refractivity contribution in [2.45, 2.75) is 10.9 Å². The second kappa shape index (κ2) is 9.75. The monoisotopic (exact) mass is 457 g/mol. The molecule has 0 spiro atoms. The van der Waals surface area contributed by atoms with E-state index in [1.54, 1.807) is 13.1 Å². The number of methoxy groups -OCH3 is 1. The van der Waals surface area contributed by atoms with Gasteiger partial charge in [0.2, 0.25) is 0 Å². The lowest BCUT2D eigenvalue weighted by atomic mass is 10.1. The van der Waals surface area contributed by atoms with Crippen molar-refractivity contribution in [3.8, 4) is 11.3 Å². The Morgan fingerprint density at radius 2 is 1.78 bits per heavy atom. The van der Waals surface area contributed by atoms with Gasteiger partial charge in [-0.15, -0.1) is 0 Å². The minimum absolute atomic E-state index is 0.0613. The highest BCUT2D eigenvalue weighted by Gasteiger charge is 2.22. The fraction of sp³-hybridized carbons (Fsp3) is 0.227. The normalized spacial score (nSPS) is 12.2. The molecule has 0 saturated heterocycles. The number of aliphatic hydroxyl groups excluding tert-OH is 1. The predicted octanol–water partition coefficient (Wildman–Crippen LogP) is 1.50. The highest BCUT2D eigenvalue weighted by Crippen LogP contribution is 2.21. The van der Waals surface area contributed by atoms with Crippen LogP contribution in [0.25, 0.3) is 11.3 Å². The summed E-state index contributed by atoms with van der Waals surface area (Å²) in [6.07, 6.45) is 0. The maximum Gasteiger partial charge on any atom is 0.321 e. The van der Waals surface area contributed by atoms with Gasteiger partial charge in [-0.05, 0) is 23.8 Å².